The van der Waals surface area contributed by atoms with E-state index in [0.717, 1.165) is 29.7 Å². The zero-order chi connectivity index (χ0) is 15.2. The lowest BCUT2D eigenvalue weighted by Crippen LogP contribution is -2.36. The van der Waals surface area contributed by atoms with E-state index in [4.69, 9.17) is 4.42 Å². The minimum atomic E-state index is 0. The lowest BCUT2D eigenvalue weighted by Gasteiger charge is -2.10. The SMILES string of the molecule is CCNC(=NCc1c(C)nn(C)c1C)NCc1ccco1.I. The summed E-state index contributed by atoms with van der Waals surface area (Å²) >= 11 is 0. The Morgan fingerprint density at radius 2 is 2.14 bits per heavy atom. The van der Waals surface area contributed by atoms with Gasteiger partial charge in [0.2, 0.25) is 0 Å². The maximum absolute atomic E-state index is 5.31. The van der Waals surface area contributed by atoms with Gasteiger partial charge in [0.25, 0.3) is 0 Å². The molecule has 0 radical (unpaired) electrons. The molecular formula is C15H24IN5O. The number of aromatic nitrogens is 2. The molecule has 2 heterocycles. The van der Waals surface area contributed by atoms with Crippen LogP contribution in [-0.4, -0.2) is 22.3 Å². The average molecular weight is 417 g/mol. The molecule has 6 nitrogen and oxygen atoms in total. The molecule has 2 aromatic rings. The molecule has 0 spiro atoms. The Morgan fingerprint density at radius 3 is 2.68 bits per heavy atom. The molecule has 2 N–H and O–H groups in total. The quantitative estimate of drug-likeness (QED) is 0.446. The number of halogens is 1. The summed E-state index contributed by atoms with van der Waals surface area (Å²) in [5.74, 6) is 1.66. The molecule has 122 valence electrons. The van der Waals surface area contributed by atoms with Crippen molar-refractivity contribution >= 4 is 29.9 Å². The van der Waals surface area contributed by atoms with Crippen molar-refractivity contribution in [2.75, 3.05) is 6.54 Å². The largest absolute Gasteiger partial charge is 0.467 e. The van der Waals surface area contributed by atoms with Crippen LogP contribution in [0.5, 0.6) is 0 Å². The van der Waals surface area contributed by atoms with E-state index in [1.807, 2.05) is 37.7 Å². The molecule has 0 amide bonds. The van der Waals surface area contributed by atoms with Gasteiger partial charge in [-0.2, -0.15) is 5.10 Å². The van der Waals surface area contributed by atoms with Crippen LogP contribution in [0.3, 0.4) is 0 Å². The molecule has 0 aliphatic heterocycles. The minimum absolute atomic E-state index is 0. The van der Waals surface area contributed by atoms with Crippen molar-refractivity contribution in [1.29, 1.82) is 0 Å². The Morgan fingerprint density at radius 1 is 1.36 bits per heavy atom. The number of furan rings is 1. The molecule has 0 unspecified atom stereocenters. The van der Waals surface area contributed by atoms with E-state index in [2.05, 4.69) is 27.6 Å². The molecule has 0 fully saturated rings. The first kappa shape index (κ1) is 18.5. The van der Waals surface area contributed by atoms with Gasteiger partial charge in [-0.1, -0.05) is 0 Å². The van der Waals surface area contributed by atoms with Crippen molar-refractivity contribution in [2.45, 2.75) is 33.9 Å². The Kier molecular flexibility index (Phi) is 7.43. The van der Waals surface area contributed by atoms with Crippen LogP contribution in [0, 0.1) is 13.8 Å². The minimum Gasteiger partial charge on any atom is -0.467 e. The van der Waals surface area contributed by atoms with E-state index < -0.39 is 0 Å². The molecule has 0 saturated heterocycles. The number of guanidine groups is 1. The molecule has 0 aliphatic carbocycles. The third-order valence-corrected chi connectivity index (χ3v) is 3.41. The van der Waals surface area contributed by atoms with Gasteiger partial charge in [-0.05, 0) is 32.9 Å². The van der Waals surface area contributed by atoms with Gasteiger partial charge in [-0.25, -0.2) is 4.99 Å². The second-order valence-electron chi connectivity index (χ2n) is 4.90. The third-order valence-electron chi connectivity index (χ3n) is 3.41. The van der Waals surface area contributed by atoms with Crippen molar-refractivity contribution in [3.8, 4) is 0 Å². The highest BCUT2D eigenvalue weighted by Gasteiger charge is 2.09. The first-order valence-corrected chi connectivity index (χ1v) is 7.15. The predicted octanol–water partition coefficient (Wildman–Crippen LogP) is 2.50. The van der Waals surface area contributed by atoms with E-state index in [1.165, 1.54) is 5.56 Å². The first-order chi connectivity index (χ1) is 10.1. The molecule has 0 atom stereocenters. The summed E-state index contributed by atoms with van der Waals surface area (Å²) < 4.78 is 7.20. The number of nitrogens with zero attached hydrogens (tertiary/aromatic N) is 3. The van der Waals surface area contributed by atoms with Gasteiger partial charge in [0.05, 0.1) is 25.0 Å². The Balaban J connectivity index is 0.00000242. The maximum Gasteiger partial charge on any atom is 0.191 e. The van der Waals surface area contributed by atoms with Gasteiger partial charge in [-0.3, -0.25) is 4.68 Å². The zero-order valence-electron chi connectivity index (χ0n) is 13.5. The van der Waals surface area contributed by atoms with Crippen molar-refractivity contribution in [3.63, 3.8) is 0 Å². The first-order valence-electron chi connectivity index (χ1n) is 7.15. The summed E-state index contributed by atoms with van der Waals surface area (Å²) in [7, 11) is 1.95. The number of nitrogens with one attached hydrogen (secondary N) is 2. The summed E-state index contributed by atoms with van der Waals surface area (Å²) in [5, 5.41) is 10.9. The zero-order valence-corrected chi connectivity index (χ0v) is 15.8. The van der Waals surface area contributed by atoms with E-state index >= 15 is 0 Å². The van der Waals surface area contributed by atoms with Crippen LogP contribution in [0.4, 0.5) is 0 Å². The predicted molar refractivity (Wildman–Crippen MR) is 98.5 cm³/mol. The number of aryl methyl sites for hydroxylation is 2. The van der Waals surface area contributed by atoms with Crippen LogP contribution < -0.4 is 10.6 Å². The van der Waals surface area contributed by atoms with E-state index in [1.54, 1.807) is 6.26 Å². The van der Waals surface area contributed by atoms with E-state index in [9.17, 15) is 0 Å². The fourth-order valence-electron chi connectivity index (χ4n) is 2.13. The third kappa shape index (κ3) is 4.75. The fourth-order valence-corrected chi connectivity index (χ4v) is 2.13. The summed E-state index contributed by atoms with van der Waals surface area (Å²) in [5.41, 5.74) is 3.35. The van der Waals surface area contributed by atoms with Gasteiger partial charge < -0.3 is 15.1 Å². The second-order valence-corrected chi connectivity index (χ2v) is 4.90. The topological polar surface area (TPSA) is 67.4 Å². The normalized spacial score (nSPS) is 11.2. The summed E-state index contributed by atoms with van der Waals surface area (Å²) in [4.78, 5) is 4.62. The molecule has 2 aromatic heterocycles. The molecule has 22 heavy (non-hydrogen) atoms. The summed E-state index contributed by atoms with van der Waals surface area (Å²) in [6.45, 7) is 8.16. The van der Waals surface area contributed by atoms with Crippen molar-refractivity contribution in [3.05, 3.63) is 41.1 Å². The Bertz CT molecular complexity index is 604. The second kappa shape index (κ2) is 8.82. The van der Waals surface area contributed by atoms with Gasteiger partial charge >= 0.3 is 0 Å². The summed E-state index contributed by atoms with van der Waals surface area (Å²) in [6.07, 6.45) is 1.67. The molecular weight excluding hydrogens is 393 g/mol. The molecule has 0 aromatic carbocycles. The monoisotopic (exact) mass is 417 g/mol. The fraction of sp³-hybridized carbons (Fsp3) is 0.467. The van der Waals surface area contributed by atoms with Crippen LogP contribution >= 0.6 is 24.0 Å². The highest BCUT2D eigenvalue weighted by molar-refractivity contribution is 14.0. The number of aliphatic imine (C=N–C) groups is 1. The molecule has 7 heteroatoms. The number of rotatable bonds is 5. The van der Waals surface area contributed by atoms with Gasteiger partial charge in [-0.15, -0.1) is 24.0 Å². The molecule has 2 rings (SSSR count). The van der Waals surface area contributed by atoms with Gasteiger partial charge in [0.1, 0.15) is 5.76 Å². The van der Waals surface area contributed by atoms with E-state index in [0.29, 0.717) is 13.1 Å². The molecule has 0 bridgehead atoms. The van der Waals surface area contributed by atoms with Gasteiger partial charge in [0, 0.05) is 24.8 Å². The van der Waals surface area contributed by atoms with Crippen LogP contribution in [0.1, 0.15) is 29.6 Å². The lowest BCUT2D eigenvalue weighted by atomic mass is 10.2. The standard InChI is InChI=1S/C15H23N5O.HI/c1-5-16-15(17-9-13-7-6-8-21-13)18-10-14-11(2)19-20(4)12(14)3;/h6-8H,5,9-10H2,1-4H3,(H2,16,17,18);1H. The van der Waals surface area contributed by atoms with Crippen LogP contribution in [0.2, 0.25) is 0 Å². The maximum atomic E-state index is 5.31. The summed E-state index contributed by atoms with van der Waals surface area (Å²) in [6, 6.07) is 3.81. The molecule has 0 aliphatic rings. The Labute approximate surface area is 148 Å². The number of hydrogen-bond donors (Lipinski definition) is 2. The van der Waals surface area contributed by atoms with Crippen molar-refractivity contribution in [2.24, 2.45) is 12.0 Å². The van der Waals surface area contributed by atoms with Crippen LogP contribution in [0.15, 0.2) is 27.8 Å². The lowest BCUT2D eigenvalue weighted by molar-refractivity contribution is 0.501. The Hall–Kier alpha value is -1.51. The average Bonchev–Trinajstić information content (AvgIpc) is 3.04. The number of hydrogen-bond acceptors (Lipinski definition) is 3. The highest BCUT2D eigenvalue weighted by atomic mass is 127. The highest BCUT2D eigenvalue weighted by Crippen LogP contribution is 2.12. The smallest absolute Gasteiger partial charge is 0.191 e. The van der Waals surface area contributed by atoms with E-state index in [-0.39, 0.29) is 24.0 Å². The van der Waals surface area contributed by atoms with Crippen molar-refractivity contribution < 1.29 is 4.42 Å². The van der Waals surface area contributed by atoms with Crippen molar-refractivity contribution in [1.82, 2.24) is 20.4 Å². The van der Waals surface area contributed by atoms with Crippen LogP contribution in [-0.2, 0) is 20.1 Å². The molecule has 0 saturated carbocycles. The van der Waals surface area contributed by atoms with Gasteiger partial charge in [0.15, 0.2) is 5.96 Å². The van der Waals surface area contributed by atoms with Crippen LogP contribution in [0.25, 0.3) is 0 Å².